The maximum absolute atomic E-state index is 12.6. The Bertz CT molecular complexity index is 2080. The number of nitrogens with zero attached hydrogens (tertiary/aromatic N) is 2. The Labute approximate surface area is 354 Å². The van der Waals surface area contributed by atoms with E-state index < -0.39 is 0 Å². The van der Waals surface area contributed by atoms with Gasteiger partial charge in [-0.3, -0.25) is 9.59 Å². The van der Waals surface area contributed by atoms with Gasteiger partial charge in [0.25, 0.3) is 11.8 Å². The minimum Gasteiger partial charge on any atom is -0.381 e. The lowest BCUT2D eigenvalue weighted by Gasteiger charge is -2.23. The summed E-state index contributed by atoms with van der Waals surface area (Å²) in [6, 6.07) is 34.7. The summed E-state index contributed by atoms with van der Waals surface area (Å²) in [7, 11) is 0. The zero-order chi connectivity index (χ0) is 40.6. The van der Waals surface area contributed by atoms with Gasteiger partial charge in [0.1, 0.15) is 12.1 Å². The predicted octanol–water partition coefficient (Wildman–Crippen LogP) is 10.0. The number of nitriles is 2. The first-order valence-electron chi connectivity index (χ1n) is 19.8. The lowest BCUT2D eigenvalue weighted by atomic mass is 9.98. The van der Waals surface area contributed by atoms with Crippen LogP contribution in [0.5, 0.6) is 0 Å². The molecule has 5 N–H and O–H groups in total. The molecule has 4 unspecified atom stereocenters. The largest absolute Gasteiger partial charge is 0.381 e. The molecule has 0 spiro atoms. The predicted molar refractivity (Wildman–Crippen MR) is 231 cm³/mol. The van der Waals surface area contributed by atoms with Crippen LogP contribution < -0.4 is 21.7 Å². The van der Waals surface area contributed by atoms with Gasteiger partial charge in [-0.25, -0.2) is 0 Å². The fourth-order valence-electron chi connectivity index (χ4n) is 9.26. The van der Waals surface area contributed by atoms with Gasteiger partial charge in [-0.1, -0.05) is 61.3 Å². The van der Waals surface area contributed by atoms with Gasteiger partial charge in [0.2, 0.25) is 0 Å². The Morgan fingerprint density at radius 2 is 1.11 bits per heavy atom. The molecule has 11 heteroatoms. The molecule has 0 aromatic heterocycles. The molecule has 4 saturated carbocycles. The third-order valence-corrected chi connectivity index (χ3v) is 13.3. The molecule has 4 fully saturated rings. The van der Waals surface area contributed by atoms with Gasteiger partial charge < -0.3 is 21.7 Å². The van der Waals surface area contributed by atoms with Crippen LogP contribution in [0.2, 0.25) is 10.0 Å². The minimum absolute atomic E-state index is 0.00258. The first kappa shape index (κ1) is 42.2. The summed E-state index contributed by atoms with van der Waals surface area (Å²) in [6.07, 6.45) is 6.37. The number of hydrogen-bond acceptors (Lipinski definition) is 6. The molecule has 4 aliphatic carbocycles. The molecule has 4 aromatic rings. The maximum atomic E-state index is 12.6. The Morgan fingerprint density at radius 1 is 0.684 bits per heavy atom. The number of anilines is 1. The fraction of sp³-hybridized carbons (Fsp3) is 0.391. The number of amides is 2. The van der Waals surface area contributed by atoms with Crippen LogP contribution in [0.25, 0.3) is 0 Å². The molecule has 4 aliphatic rings. The number of carbonyl (C=O) groups excluding carboxylic acids is 2. The smallest absolute Gasteiger partial charge is 0.251 e. The lowest BCUT2D eigenvalue weighted by Crippen LogP contribution is -2.38. The number of carbonyl (C=O) groups is 2. The van der Waals surface area contributed by atoms with Crippen LogP contribution >= 0.6 is 39.1 Å². The number of para-hydroxylation sites is 1. The first-order valence-corrected chi connectivity index (χ1v) is 21.4. The van der Waals surface area contributed by atoms with E-state index in [-0.39, 0.29) is 23.9 Å². The van der Waals surface area contributed by atoms with Crippen molar-refractivity contribution in [2.45, 2.75) is 76.5 Å². The second-order valence-electron chi connectivity index (χ2n) is 15.6. The van der Waals surface area contributed by atoms with Crippen molar-refractivity contribution in [3.8, 4) is 12.1 Å². The molecule has 2 amide bonds. The van der Waals surface area contributed by atoms with E-state index in [0.717, 1.165) is 60.5 Å². The molecule has 0 bridgehead atoms. The van der Waals surface area contributed by atoms with Crippen molar-refractivity contribution < 1.29 is 9.59 Å². The normalized spacial score (nSPS) is 25.5. The third-order valence-electron chi connectivity index (χ3n) is 12.1. The monoisotopic (exact) mass is 866 g/mol. The zero-order valence-corrected chi connectivity index (χ0v) is 35.3. The summed E-state index contributed by atoms with van der Waals surface area (Å²) in [6.45, 7) is 4.28. The maximum Gasteiger partial charge on any atom is 0.251 e. The van der Waals surface area contributed by atoms with E-state index in [4.69, 9.17) is 34.2 Å². The highest BCUT2D eigenvalue weighted by molar-refractivity contribution is 9.10. The molecule has 296 valence electrons. The van der Waals surface area contributed by atoms with Gasteiger partial charge in [0, 0.05) is 49.8 Å². The summed E-state index contributed by atoms with van der Waals surface area (Å²) in [5.41, 5.74) is 9.60. The summed E-state index contributed by atoms with van der Waals surface area (Å²) in [5, 5.41) is 28.9. The van der Waals surface area contributed by atoms with Gasteiger partial charge in [-0.15, -0.1) is 0 Å². The summed E-state index contributed by atoms with van der Waals surface area (Å²) in [5.74, 6) is 3.96. The van der Waals surface area contributed by atoms with E-state index in [1.54, 1.807) is 54.6 Å². The minimum atomic E-state index is -0.0221. The van der Waals surface area contributed by atoms with Crippen molar-refractivity contribution in [3.05, 3.63) is 134 Å². The quantitative estimate of drug-likeness (QED) is 0.125. The van der Waals surface area contributed by atoms with Gasteiger partial charge in [-0.2, -0.15) is 10.5 Å². The SMILES string of the molecule is CC[C@@H](NC(=O)c1ccc(Cl)cc1)C1[C@H]2CC(N)C[C@@H]12.CC[C@@H](NC(=O)c1ccc(Cl)cc1)C1[C@H]2CC(Nc3ccccc3C#N)C[C@@H]12.N#Cc1ccccc1Br. The number of fused-ring (bicyclic) bond motifs is 2. The summed E-state index contributed by atoms with van der Waals surface area (Å²) >= 11 is 15.0. The van der Waals surface area contributed by atoms with Crippen LogP contribution in [0.1, 0.15) is 84.2 Å². The number of nitrogens with one attached hydrogen (secondary N) is 3. The van der Waals surface area contributed by atoms with Crippen LogP contribution in [0, 0.1) is 58.2 Å². The van der Waals surface area contributed by atoms with Crippen molar-refractivity contribution in [2.24, 2.45) is 41.2 Å². The van der Waals surface area contributed by atoms with Crippen LogP contribution in [-0.2, 0) is 0 Å². The number of halogens is 3. The van der Waals surface area contributed by atoms with E-state index in [9.17, 15) is 14.9 Å². The molecular weight excluding hydrogens is 819 g/mol. The number of nitrogens with two attached hydrogens (primary N) is 1. The van der Waals surface area contributed by atoms with E-state index in [2.05, 4.69) is 51.8 Å². The van der Waals surface area contributed by atoms with E-state index in [1.807, 2.05) is 48.5 Å². The van der Waals surface area contributed by atoms with E-state index >= 15 is 0 Å². The molecule has 0 saturated heterocycles. The zero-order valence-electron chi connectivity index (χ0n) is 32.2. The molecule has 0 aliphatic heterocycles. The fourth-order valence-corrected chi connectivity index (χ4v) is 9.89. The molecule has 10 atom stereocenters. The van der Waals surface area contributed by atoms with Crippen molar-refractivity contribution in [3.63, 3.8) is 0 Å². The molecule has 57 heavy (non-hydrogen) atoms. The van der Waals surface area contributed by atoms with Gasteiger partial charge in [0.15, 0.2) is 0 Å². The molecule has 0 radical (unpaired) electrons. The summed E-state index contributed by atoms with van der Waals surface area (Å²) in [4.78, 5) is 24.8. The second-order valence-corrected chi connectivity index (χ2v) is 17.3. The van der Waals surface area contributed by atoms with Crippen molar-refractivity contribution in [1.29, 1.82) is 10.5 Å². The number of hydrogen-bond donors (Lipinski definition) is 4. The van der Waals surface area contributed by atoms with Gasteiger partial charge >= 0.3 is 0 Å². The van der Waals surface area contributed by atoms with Crippen LogP contribution in [0.3, 0.4) is 0 Å². The van der Waals surface area contributed by atoms with Crippen molar-refractivity contribution >= 4 is 56.6 Å². The van der Waals surface area contributed by atoms with Crippen LogP contribution in [0.4, 0.5) is 5.69 Å². The van der Waals surface area contributed by atoms with Gasteiger partial charge in [-0.05, 0) is 163 Å². The number of benzene rings is 4. The Balaban J connectivity index is 0.000000164. The average Bonchev–Trinajstić information content (AvgIpc) is 3.94. The molecular formula is C46H49BrCl2N6O2. The Kier molecular flexibility index (Phi) is 14.4. The Morgan fingerprint density at radius 3 is 1.53 bits per heavy atom. The highest BCUT2D eigenvalue weighted by Gasteiger charge is 2.59. The van der Waals surface area contributed by atoms with Crippen molar-refractivity contribution in [1.82, 2.24) is 10.6 Å². The van der Waals surface area contributed by atoms with E-state index in [0.29, 0.717) is 68.1 Å². The standard InChI is InChI=1S/C23H24ClN3O.C16H21ClN2O.C7H4BrN/c1-2-20(27-23(28)14-7-9-16(24)10-8-14)22-18-11-17(12-19(18)22)26-21-6-4-3-5-15(21)13-25;1-2-14(15-12-7-11(18)8-13(12)15)19-16(20)9-3-5-10(17)6-4-9;8-7-4-2-1-3-6(7)5-9/h3-10,17-20,22,26H,2,11-12H2,1H3,(H,27,28);3-6,11-15H,2,7-8,18H2,1H3,(H,19,20);1-4H/t17?,18-,19+,20-,22?;11?,12-,13+,14-,15?;/m11./s1. The van der Waals surface area contributed by atoms with Crippen LogP contribution in [0.15, 0.2) is 102 Å². The van der Waals surface area contributed by atoms with Crippen LogP contribution in [-0.4, -0.2) is 36.0 Å². The molecule has 8 nitrogen and oxygen atoms in total. The van der Waals surface area contributed by atoms with Gasteiger partial charge in [0.05, 0.1) is 16.8 Å². The third kappa shape index (κ3) is 10.6. The second kappa shape index (κ2) is 19.4. The molecule has 4 aromatic carbocycles. The summed E-state index contributed by atoms with van der Waals surface area (Å²) < 4.78 is 0.854. The highest BCUT2D eigenvalue weighted by atomic mass is 79.9. The Hall–Kier alpha value is -4.38. The average molecular weight is 869 g/mol. The molecule has 8 rings (SSSR count). The topological polar surface area (TPSA) is 144 Å². The molecule has 0 heterocycles. The first-order chi connectivity index (χ1) is 27.5. The highest BCUT2D eigenvalue weighted by Crippen LogP contribution is 2.60. The van der Waals surface area contributed by atoms with Crippen molar-refractivity contribution in [2.75, 3.05) is 5.32 Å². The number of rotatable bonds is 10. The van der Waals surface area contributed by atoms with E-state index in [1.165, 1.54) is 0 Å². The lowest BCUT2D eigenvalue weighted by molar-refractivity contribution is 0.0919.